The van der Waals surface area contributed by atoms with Crippen LogP contribution in [0.5, 0.6) is 0 Å². The van der Waals surface area contributed by atoms with Crippen LogP contribution in [0.4, 0.5) is 0 Å². The van der Waals surface area contributed by atoms with Gasteiger partial charge in [0, 0.05) is 19.3 Å². The Hall–Kier alpha value is -3.27. The van der Waals surface area contributed by atoms with Gasteiger partial charge in [0.1, 0.15) is 25.4 Å². The zero-order chi connectivity index (χ0) is 59.6. The van der Waals surface area contributed by atoms with E-state index in [-0.39, 0.29) is 19.3 Å². The maximum absolute atomic E-state index is 12.8. The normalized spacial score (nSPS) is 15.0. The van der Waals surface area contributed by atoms with E-state index in [0.29, 0.717) is 19.3 Å². The Morgan fingerprint density at radius 3 is 1.10 bits per heavy atom. The first-order chi connectivity index (χ1) is 39.2. The minimum absolute atomic E-state index is 0.104. The minimum Gasteiger partial charge on any atom is -0.463 e. The lowest BCUT2D eigenvalue weighted by molar-refractivity contribution is -0.161. The Balaban J connectivity index is 4.66. The minimum atomic E-state index is -4.92. The number of phosphoric ester groups is 2. The molecule has 5 unspecified atom stereocenters. The molecular weight excluding hydrogens is 1070 g/mol. The van der Waals surface area contributed by atoms with Gasteiger partial charge in [-0.15, -0.1) is 0 Å². The van der Waals surface area contributed by atoms with Gasteiger partial charge in [0.2, 0.25) is 0 Å². The van der Waals surface area contributed by atoms with Gasteiger partial charge in [-0.25, -0.2) is 9.13 Å². The largest absolute Gasteiger partial charge is 0.472 e. The molecule has 0 aliphatic rings. The summed E-state index contributed by atoms with van der Waals surface area (Å²) in [7, 11) is -9.77. The fourth-order valence-electron chi connectivity index (χ4n) is 7.87. The molecule has 0 aromatic rings. The lowest BCUT2D eigenvalue weighted by atomic mass is 10.0. The zero-order valence-electron chi connectivity index (χ0n) is 50.2. The molecule has 0 aromatic carbocycles. The summed E-state index contributed by atoms with van der Waals surface area (Å²) >= 11 is 0. The highest BCUT2D eigenvalue weighted by molar-refractivity contribution is 7.47. The van der Waals surface area contributed by atoms with E-state index >= 15 is 0 Å². The molecular formula is C63H110O16P2. The molecule has 0 aromatic heterocycles. The number of phosphoric acid groups is 2. The van der Waals surface area contributed by atoms with E-state index in [1.165, 1.54) is 51.4 Å². The molecule has 0 rings (SSSR count). The second-order valence-electron chi connectivity index (χ2n) is 20.5. The van der Waals surface area contributed by atoms with Crippen LogP contribution in [0.15, 0.2) is 85.1 Å². The van der Waals surface area contributed by atoms with Crippen molar-refractivity contribution in [3.63, 3.8) is 0 Å². The standard InChI is InChI=1S/C63H110O16P2/c1-4-7-10-13-16-19-22-25-26-27-28-29-30-33-35-37-40-43-46-49-61(66)73-52-58(64)53-75-80(69,70)76-54-59(65)55-77-81(71,72)78-57-60(79-63(68)51-48-45-42-39-36-32-24-21-18-15-12-9-6-3)56-74-62(67)50-47-44-41-38-34-31-23-20-17-14-11-8-5-2/h7,10-11,14,16,19-20,23,25-26,28-29,33,35,58-60,64-65H,4-6,8-9,12-13,15,17-18,21-22,24,27,30-32,34,36-57H2,1-3H3,(H,69,70)(H,71,72)/b10-7-,14-11-,19-16-,23-20-,26-25-,29-28-,35-33-. The highest BCUT2D eigenvalue weighted by Crippen LogP contribution is 2.45. The van der Waals surface area contributed by atoms with E-state index in [2.05, 4.69) is 106 Å². The molecule has 0 fully saturated rings. The maximum Gasteiger partial charge on any atom is 0.472 e. The van der Waals surface area contributed by atoms with Crippen molar-refractivity contribution in [2.24, 2.45) is 0 Å². The Bertz CT molecular complexity index is 1830. The number of allylic oxidation sites excluding steroid dienone is 14. The molecule has 81 heavy (non-hydrogen) atoms. The molecule has 0 bridgehead atoms. The van der Waals surface area contributed by atoms with Crippen LogP contribution < -0.4 is 0 Å². The summed E-state index contributed by atoms with van der Waals surface area (Å²) in [5.74, 6) is -1.62. The lowest BCUT2D eigenvalue weighted by Crippen LogP contribution is -2.30. The fourth-order valence-corrected chi connectivity index (χ4v) is 9.45. The maximum atomic E-state index is 12.8. The molecule has 0 saturated heterocycles. The topological polar surface area (TPSA) is 231 Å². The van der Waals surface area contributed by atoms with Crippen molar-refractivity contribution in [3.05, 3.63) is 85.1 Å². The quantitative estimate of drug-likeness (QED) is 0.0146. The third-order valence-corrected chi connectivity index (χ3v) is 14.5. The number of carbonyl (C=O) groups excluding carboxylic acids is 3. The van der Waals surface area contributed by atoms with Crippen LogP contribution in [0, 0.1) is 0 Å². The summed E-state index contributed by atoms with van der Waals surface area (Å²) in [6, 6.07) is 0. The number of unbranched alkanes of at least 4 members (excludes halogenated alkanes) is 21. The van der Waals surface area contributed by atoms with Gasteiger partial charge in [-0.2, -0.15) is 0 Å². The van der Waals surface area contributed by atoms with Gasteiger partial charge >= 0.3 is 33.6 Å². The zero-order valence-corrected chi connectivity index (χ0v) is 52.0. The molecule has 0 aliphatic heterocycles. The van der Waals surface area contributed by atoms with Gasteiger partial charge in [-0.1, -0.05) is 215 Å². The number of hydrogen-bond acceptors (Lipinski definition) is 14. The number of aliphatic hydroxyl groups excluding tert-OH is 2. The molecule has 0 radical (unpaired) electrons. The van der Waals surface area contributed by atoms with Crippen molar-refractivity contribution in [1.29, 1.82) is 0 Å². The monoisotopic (exact) mass is 1180 g/mol. The number of esters is 3. The van der Waals surface area contributed by atoms with Gasteiger partial charge in [0.25, 0.3) is 0 Å². The van der Waals surface area contributed by atoms with Crippen molar-refractivity contribution < 1.29 is 75.8 Å². The SMILES string of the molecule is CC/C=C\C/C=C\C/C=C\C/C=C\C/C=C\CCCCCC(=O)OCC(O)COP(=O)(O)OCC(O)COP(=O)(O)OCC(COC(=O)CCCCCCC/C=C\C/C=C\CCC)OC(=O)CCCCCCCCCCCCCCC. The Kier molecular flexibility index (Phi) is 54.9. The molecule has 4 N–H and O–H groups in total. The predicted molar refractivity (Wildman–Crippen MR) is 325 cm³/mol. The van der Waals surface area contributed by atoms with Gasteiger partial charge in [0.15, 0.2) is 6.10 Å². The highest BCUT2D eigenvalue weighted by Gasteiger charge is 2.29. The van der Waals surface area contributed by atoms with Crippen LogP contribution in [0.1, 0.15) is 239 Å². The molecule has 468 valence electrons. The van der Waals surface area contributed by atoms with Crippen LogP contribution >= 0.6 is 15.6 Å². The van der Waals surface area contributed by atoms with Crippen LogP contribution in [-0.2, 0) is 55.8 Å². The third-order valence-electron chi connectivity index (χ3n) is 12.6. The van der Waals surface area contributed by atoms with Crippen molar-refractivity contribution in [2.45, 2.75) is 257 Å². The van der Waals surface area contributed by atoms with E-state index in [9.17, 15) is 43.5 Å². The molecule has 0 spiro atoms. The van der Waals surface area contributed by atoms with Crippen LogP contribution in [-0.4, -0.2) is 95.9 Å². The van der Waals surface area contributed by atoms with E-state index in [1.54, 1.807) is 0 Å². The first-order valence-corrected chi connectivity index (χ1v) is 33.9. The second-order valence-corrected chi connectivity index (χ2v) is 23.4. The molecule has 5 atom stereocenters. The van der Waals surface area contributed by atoms with Crippen LogP contribution in [0.2, 0.25) is 0 Å². The summed E-state index contributed by atoms with van der Waals surface area (Å²) in [4.78, 5) is 58.1. The first kappa shape index (κ1) is 77.7. The summed E-state index contributed by atoms with van der Waals surface area (Å²) in [6.07, 6.45) is 57.9. The number of rotatable bonds is 58. The molecule has 0 heterocycles. The summed E-state index contributed by atoms with van der Waals surface area (Å²) < 4.78 is 60.6. The third kappa shape index (κ3) is 58.3. The van der Waals surface area contributed by atoms with E-state index in [4.69, 9.17) is 32.3 Å². The van der Waals surface area contributed by atoms with Crippen LogP contribution in [0.3, 0.4) is 0 Å². The molecule has 16 nitrogen and oxygen atoms in total. The lowest BCUT2D eigenvalue weighted by Gasteiger charge is -2.21. The van der Waals surface area contributed by atoms with Crippen molar-refractivity contribution in [3.8, 4) is 0 Å². The number of carbonyl (C=O) groups is 3. The predicted octanol–water partition coefficient (Wildman–Crippen LogP) is 16.2. The van der Waals surface area contributed by atoms with Gasteiger partial charge < -0.3 is 34.2 Å². The fraction of sp³-hybridized carbons (Fsp3) is 0.730. The van der Waals surface area contributed by atoms with E-state index < -0.39 is 91.5 Å². The summed E-state index contributed by atoms with van der Waals surface area (Å²) in [5, 5.41) is 20.5. The average molecular weight is 1190 g/mol. The summed E-state index contributed by atoms with van der Waals surface area (Å²) in [6.45, 7) is 2.41. The number of hydrogen-bond donors (Lipinski definition) is 4. The number of aliphatic hydroxyl groups is 2. The van der Waals surface area contributed by atoms with Gasteiger partial charge in [0.05, 0.1) is 26.4 Å². The van der Waals surface area contributed by atoms with Crippen molar-refractivity contribution in [1.82, 2.24) is 0 Å². The van der Waals surface area contributed by atoms with Crippen molar-refractivity contribution >= 4 is 33.6 Å². The second kappa shape index (κ2) is 57.2. The molecule has 0 amide bonds. The van der Waals surface area contributed by atoms with Crippen LogP contribution in [0.25, 0.3) is 0 Å². The smallest absolute Gasteiger partial charge is 0.463 e. The molecule has 0 saturated carbocycles. The van der Waals surface area contributed by atoms with Gasteiger partial charge in [-0.3, -0.25) is 32.5 Å². The highest BCUT2D eigenvalue weighted by atomic mass is 31.2. The van der Waals surface area contributed by atoms with E-state index in [1.807, 2.05) is 0 Å². The van der Waals surface area contributed by atoms with E-state index in [0.717, 1.165) is 128 Å². The average Bonchev–Trinajstić information content (AvgIpc) is 3.45. The number of ether oxygens (including phenoxy) is 3. The van der Waals surface area contributed by atoms with Crippen molar-refractivity contribution in [2.75, 3.05) is 39.6 Å². The molecule has 0 aliphatic carbocycles. The summed E-state index contributed by atoms with van der Waals surface area (Å²) in [5.41, 5.74) is 0. The first-order valence-electron chi connectivity index (χ1n) is 30.9. The Morgan fingerprint density at radius 1 is 0.358 bits per heavy atom. The Labute approximate surface area is 489 Å². The van der Waals surface area contributed by atoms with Gasteiger partial charge in [-0.05, 0) is 89.9 Å². The Morgan fingerprint density at radius 2 is 0.679 bits per heavy atom. The molecule has 18 heteroatoms.